The first-order chi connectivity index (χ1) is 22.8. The van der Waals surface area contributed by atoms with Crippen LogP contribution < -0.4 is 29.7 Å². The van der Waals surface area contributed by atoms with Crippen LogP contribution >= 0.6 is 0 Å². The van der Waals surface area contributed by atoms with E-state index in [1.165, 1.54) is 12.0 Å². The lowest BCUT2D eigenvalue weighted by molar-refractivity contribution is 0.0952. The van der Waals surface area contributed by atoms with Crippen LogP contribution in [0.15, 0.2) is 72.9 Å². The fourth-order valence-electron chi connectivity index (χ4n) is 5.05. The predicted octanol–water partition coefficient (Wildman–Crippen LogP) is 7.04. The molecule has 0 bridgehead atoms. The Morgan fingerprint density at radius 1 is 0.872 bits per heavy atom. The van der Waals surface area contributed by atoms with Crippen LogP contribution in [0.25, 0.3) is 0 Å². The molecule has 0 saturated heterocycles. The highest BCUT2D eigenvalue weighted by Gasteiger charge is 2.27. The summed E-state index contributed by atoms with van der Waals surface area (Å²) in [6, 6.07) is 19.4. The number of ether oxygens (including phenoxy) is 3. The summed E-state index contributed by atoms with van der Waals surface area (Å²) in [5, 5.41) is 6.16. The number of carbonyl (C=O) groups is 2. The summed E-state index contributed by atoms with van der Waals surface area (Å²) < 4.78 is 16.9. The highest BCUT2D eigenvalue weighted by Crippen LogP contribution is 2.37. The van der Waals surface area contributed by atoms with Crippen molar-refractivity contribution in [2.24, 2.45) is 0 Å². The maximum atomic E-state index is 13.9. The smallest absolute Gasteiger partial charge is 0.425 e. The van der Waals surface area contributed by atoms with Gasteiger partial charge in [-0.1, -0.05) is 32.0 Å². The second kappa shape index (κ2) is 17.0. The number of nitrogens with one attached hydrogen (secondary N) is 2. The lowest BCUT2D eigenvalue weighted by atomic mass is 10.1. The number of anilines is 4. The minimum atomic E-state index is -0.682. The van der Waals surface area contributed by atoms with Gasteiger partial charge in [-0.05, 0) is 93.8 Å². The summed E-state index contributed by atoms with van der Waals surface area (Å²) in [6.45, 7) is 11.8. The number of carbonyl (C=O) groups excluding carboxylic acids is 2. The lowest BCUT2D eigenvalue weighted by Crippen LogP contribution is -2.31. The fourth-order valence-corrected chi connectivity index (χ4v) is 5.05. The first-order valence-electron chi connectivity index (χ1n) is 15.8. The van der Waals surface area contributed by atoms with Crippen molar-refractivity contribution in [2.45, 2.75) is 40.5 Å². The Balaban J connectivity index is 1.52. The van der Waals surface area contributed by atoms with Crippen LogP contribution in [0.1, 0.15) is 48.2 Å². The molecule has 3 aromatic carbocycles. The van der Waals surface area contributed by atoms with Gasteiger partial charge in [-0.2, -0.15) is 4.98 Å². The number of methoxy groups -OCH3 is 2. The molecule has 0 aliphatic carbocycles. The number of benzene rings is 3. The third-order valence-corrected chi connectivity index (χ3v) is 7.76. The number of hydrogen-bond donors (Lipinski definition) is 2. The highest BCUT2D eigenvalue weighted by atomic mass is 16.6. The number of nitrogens with zero attached hydrogens (tertiary/aromatic N) is 4. The third-order valence-electron chi connectivity index (χ3n) is 7.76. The second-order valence-corrected chi connectivity index (χ2v) is 10.9. The van der Waals surface area contributed by atoms with Gasteiger partial charge in [-0.3, -0.25) is 4.79 Å². The number of rotatable bonds is 15. The normalized spacial score (nSPS) is 10.8. The van der Waals surface area contributed by atoms with E-state index in [0.29, 0.717) is 40.7 Å². The molecule has 2 N–H and O–H groups in total. The molecule has 1 aromatic heterocycles. The Bertz CT molecular complexity index is 1620. The Morgan fingerprint density at radius 3 is 2.26 bits per heavy atom. The van der Waals surface area contributed by atoms with Crippen LogP contribution in [0.4, 0.5) is 27.9 Å². The number of unbranched alkanes of at least 4 members (excludes halogenated alkanes) is 1. The second-order valence-electron chi connectivity index (χ2n) is 10.9. The SMILES string of the molecule is CCN(CC)CCCCNC(=O)c1ccc(Nc2nccc(N(C(=O)Oc3c(C)cccc3C)c3ccc(OC)cc3OC)n2)cc1. The predicted molar refractivity (Wildman–Crippen MR) is 185 cm³/mol. The van der Waals surface area contributed by atoms with Gasteiger partial charge in [-0.15, -0.1) is 0 Å². The topological polar surface area (TPSA) is 118 Å². The molecule has 0 radical (unpaired) electrons. The van der Waals surface area contributed by atoms with Crippen LogP contribution in [-0.4, -0.2) is 67.3 Å². The summed E-state index contributed by atoms with van der Waals surface area (Å²) in [5.41, 5.74) is 3.26. The van der Waals surface area contributed by atoms with Crippen molar-refractivity contribution in [3.8, 4) is 17.2 Å². The van der Waals surface area contributed by atoms with Gasteiger partial charge in [0.2, 0.25) is 5.95 Å². The minimum absolute atomic E-state index is 0.121. The minimum Gasteiger partial charge on any atom is -0.497 e. The Kier molecular flexibility index (Phi) is 12.5. The molecular formula is C36H44N6O5. The molecule has 0 fully saturated rings. The molecule has 248 valence electrons. The van der Waals surface area contributed by atoms with Gasteiger partial charge >= 0.3 is 6.09 Å². The average Bonchev–Trinajstić information content (AvgIpc) is 3.08. The number of amides is 2. The van der Waals surface area contributed by atoms with E-state index in [-0.39, 0.29) is 17.7 Å². The van der Waals surface area contributed by atoms with Gasteiger partial charge in [0.15, 0.2) is 0 Å². The molecule has 0 aliphatic heterocycles. The molecule has 4 aromatic rings. The summed E-state index contributed by atoms with van der Waals surface area (Å²) in [4.78, 5) is 39.3. The zero-order valence-electron chi connectivity index (χ0n) is 28.0. The van der Waals surface area contributed by atoms with Crippen molar-refractivity contribution < 1.29 is 23.8 Å². The van der Waals surface area contributed by atoms with Gasteiger partial charge in [0.25, 0.3) is 5.91 Å². The summed E-state index contributed by atoms with van der Waals surface area (Å²) in [6.07, 6.45) is 2.82. The number of aryl methyl sites for hydroxylation is 2. The van der Waals surface area contributed by atoms with Crippen molar-refractivity contribution in [2.75, 3.05) is 50.6 Å². The van der Waals surface area contributed by atoms with E-state index in [1.807, 2.05) is 32.0 Å². The van der Waals surface area contributed by atoms with Gasteiger partial charge in [0.1, 0.15) is 23.1 Å². The van der Waals surface area contributed by atoms with Crippen LogP contribution in [0.2, 0.25) is 0 Å². The van der Waals surface area contributed by atoms with E-state index >= 15 is 0 Å². The van der Waals surface area contributed by atoms with Crippen LogP contribution in [0.5, 0.6) is 17.2 Å². The molecule has 0 aliphatic rings. The maximum Gasteiger partial charge on any atom is 0.425 e. The quantitative estimate of drug-likeness (QED) is 0.132. The van der Waals surface area contributed by atoms with Gasteiger partial charge in [0.05, 0.1) is 19.9 Å². The number of para-hydroxylation sites is 1. The van der Waals surface area contributed by atoms with Crippen molar-refractivity contribution in [3.05, 3.63) is 89.6 Å². The lowest BCUT2D eigenvalue weighted by Gasteiger charge is -2.24. The van der Waals surface area contributed by atoms with E-state index < -0.39 is 6.09 Å². The highest BCUT2D eigenvalue weighted by molar-refractivity contribution is 5.98. The Hall–Kier alpha value is -5.16. The monoisotopic (exact) mass is 640 g/mol. The van der Waals surface area contributed by atoms with E-state index in [1.54, 1.807) is 61.8 Å². The summed E-state index contributed by atoms with van der Waals surface area (Å²) in [7, 11) is 3.07. The van der Waals surface area contributed by atoms with E-state index in [0.717, 1.165) is 43.6 Å². The van der Waals surface area contributed by atoms with Crippen molar-refractivity contribution in [1.29, 1.82) is 0 Å². The van der Waals surface area contributed by atoms with Crippen molar-refractivity contribution in [3.63, 3.8) is 0 Å². The summed E-state index contributed by atoms with van der Waals surface area (Å²) in [5.74, 6) is 1.78. The number of aromatic nitrogens is 2. The van der Waals surface area contributed by atoms with Gasteiger partial charge < -0.3 is 29.7 Å². The molecule has 0 unspecified atom stereocenters. The third kappa shape index (κ3) is 9.20. The molecule has 0 atom stereocenters. The Labute approximate surface area is 276 Å². The molecule has 2 amide bonds. The molecular weight excluding hydrogens is 596 g/mol. The first-order valence-corrected chi connectivity index (χ1v) is 15.8. The first kappa shape index (κ1) is 34.7. The molecule has 0 spiro atoms. The largest absolute Gasteiger partial charge is 0.497 e. The maximum absolute atomic E-state index is 13.9. The van der Waals surface area contributed by atoms with Crippen LogP contribution in [-0.2, 0) is 0 Å². The number of hydrogen-bond acceptors (Lipinski definition) is 9. The zero-order valence-corrected chi connectivity index (χ0v) is 28.0. The molecule has 4 rings (SSSR count). The molecule has 1 heterocycles. The van der Waals surface area contributed by atoms with Crippen LogP contribution in [0.3, 0.4) is 0 Å². The van der Waals surface area contributed by atoms with Crippen molar-refractivity contribution in [1.82, 2.24) is 20.2 Å². The van der Waals surface area contributed by atoms with Crippen LogP contribution in [0, 0.1) is 13.8 Å². The van der Waals surface area contributed by atoms with E-state index in [9.17, 15) is 9.59 Å². The zero-order chi connectivity index (χ0) is 33.8. The fraction of sp³-hybridized carbons (Fsp3) is 0.333. The molecule has 47 heavy (non-hydrogen) atoms. The van der Waals surface area contributed by atoms with E-state index in [2.05, 4.69) is 39.3 Å². The average molecular weight is 641 g/mol. The van der Waals surface area contributed by atoms with Crippen molar-refractivity contribution >= 4 is 35.1 Å². The van der Waals surface area contributed by atoms with E-state index in [4.69, 9.17) is 14.2 Å². The molecule has 11 nitrogen and oxygen atoms in total. The van der Waals surface area contributed by atoms with Gasteiger partial charge in [0, 0.05) is 36.1 Å². The molecule has 0 saturated carbocycles. The summed E-state index contributed by atoms with van der Waals surface area (Å²) >= 11 is 0. The Morgan fingerprint density at radius 2 is 1.60 bits per heavy atom. The standard InChI is InChI=1S/C36H44N6O5/c1-7-41(8-2)23-10-9-21-37-34(43)27-14-16-28(17-15-27)39-35-38-22-20-32(40-35)42(30-19-18-29(45-5)24-31(30)46-6)36(44)47-33-25(3)12-11-13-26(33)4/h11-20,22,24H,7-10,21,23H2,1-6H3,(H,37,43)(H,38,39,40). The van der Waals surface area contributed by atoms with Gasteiger partial charge in [-0.25, -0.2) is 14.7 Å². The molecule has 11 heteroatoms.